The number of halogens is 1. The van der Waals surface area contributed by atoms with E-state index < -0.39 is 6.17 Å². The van der Waals surface area contributed by atoms with Crippen LogP contribution in [0.2, 0.25) is 0 Å². The maximum absolute atomic E-state index is 12.4. The quantitative estimate of drug-likeness (QED) is 0.571. The van der Waals surface area contributed by atoms with Crippen LogP contribution in [0.25, 0.3) is 0 Å². The minimum absolute atomic E-state index is 0.505. The Morgan fingerprint density at radius 2 is 1.60 bits per heavy atom. The first kappa shape index (κ1) is 12.6. The van der Waals surface area contributed by atoms with Crippen LogP contribution in [-0.4, -0.2) is 6.17 Å². The van der Waals surface area contributed by atoms with Crippen molar-refractivity contribution in [3.8, 4) is 0 Å². The Hall–Kier alpha value is -0.0700. The second-order valence-electron chi connectivity index (χ2n) is 2.64. The zero-order valence-electron chi connectivity index (χ0n) is 7.95. The van der Waals surface area contributed by atoms with E-state index in [1.807, 2.05) is 34.6 Å². The van der Waals surface area contributed by atoms with Gasteiger partial charge in [0.05, 0.1) is 0 Å². The number of rotatable bonds is 3. The molecule has 0 aromatic rings. The van der Waals surface area contributed by atoms with Crippen molar-refractivity contribution in [1.29, 1.82) is 0 Å². The first-order valence-electron chi connectivity index (χ1n) is 4.30. The van der Waals surface area contributed by atoms with Crippen LogP contribution in [0.4, 0.5) is 4.39 Å². The zero-order valence-corrected chi connectivity index (χ0v) is 7.95. The molecule has 1 atom stereocenters. The third-order valence-corrected chi connectivity index (χ3v) is 1.17. The zero-order chi connectivity index (χ0) is 8.57. The molecule has 0 fully saturated rings. The van der Waals surface area contributed by atoms with Crippen molar-refractivity contribution in [2.75, 3.05) is 0 Å². The molecule has 0 saturated carbocycles. The van der Waals surface area contributed by atoms with E-state index in [0.29, 0.717) is 12.3 Å². The summed E-state index contributed by atoms with van der Waals surface area (Å²) in [5.41, 5.74) is 0. The van der Waals surface area contributed by atoms with Gasteiger partial charge in [0.1, 0.15) is 6.17 Å². The van der Waals surface area contributed by atoms with Gasteiger partial charge >= 0.3 is 0 Å². The highest BCUT2D eigenvalue weighted by atomic mass is 19.1. The summed E-state index contributed by atoms with van der Waals surface area (Å²) >= 11 is 0. The molecule has 0 aliphatic carbocycles. The first-order valence-corrected chi connectivity index (χ1v) is 4.30. The van der Waals surface area contributed by atoms with E-state index in [1.54, 1.807) is 0 Å². The van der Waals surface area contributed by atoms with Gasteiger partial charge in [-0.15, -0.1) is 0 Å². The average molecular weight is 148 g/mol. The Morgan fingerprint density at radius 1 is 1.20 bits per heavy atom. The minimum atomic E-state index is -0.574. The molecule has 1 heteroatoms. The molecular weight excluding hydrogens is 127 g/mol. The lowest BCUT2D eigenvalue weighted by atomic mass is 10.1. The Balaban J connectivity index is 0. The molecule has 0 aliphatic heterocycles. The molecule has 10 heavy (non-hydrogen) atoms. The van der Waals surface area contributed by atoms with Crippen LogP contribution in [0.3, 0.4) is 0 Å². The Labute approximate surface area is 64.8 Å². The first-order chi connectivity index (χ1) is 4.66. The van der Waals surface area contributed by atoms with E-state index in [4.69, 9.17) is 0 Å². The minimum Gasteiger partial charge on any atom is -0.247 e. The SMILES string of the molecule is CC.CCC(F)CC(C)C. The van der Waals surface area contributed by atoms with E-state index in [-0.39, 0.29) is 0 Å². The second kappa shape index (κ2) is 8.93. The van der Waals surface area contributed by atoms with Crippen molar-refractivity contribution < 1.29 is 4.39 Å². The molecule has 1 unspecified atom stereocenters. The van der Waals surface area contributed by atoms with Gasteiger partial charge in [0.2, 0.25) is 0 Å². The highest BCUT2D eigenvalue weighted by Gasteiger charge is 2.04. The Bertz CT molecular complexity index is 50.7. The van der Waals surface area contributed by atoms with Gasteiger partial charge in [-0.25, -0.2) is 4.39 Å². The normalized spacial score (nSPS) is 12.3. The fourth-order valence-corrected chi connectivity index (χ4v) is 0.678. The topological polar surface area (TPSA) is 0 Å². The summed E-state index contributed by atoms with van der Waals surface area (Å²) in [7, 11) is 0. The van der Waals surface area contributed by atoms with E-state index in [0.717, 1.165) is 6.42 Å². The summed E-state index contributed by atoms with van der Waals surface area (Å²) in [6.07, 6.45) is 0.810. The van der Waals surface area contributed by atoms with Crippen molar-refractivity contribution in [3.05, 3.63) is 0 Å². The van der Waals surface area contributed by atoms with Gasteiger partial charge in [-0.05, 0) is 18.8 Å². The molecule has 0 rings (SSSR count). The van der Waals surface area contributed by atoms with Crippen molar-refractivity contribution in [2.45, 2.75) is 53.6 Å². The molecule has 0 N–H and O–H groups in total. The number of hydrogen-bond acceptors (Lipinski definition) is 0. The van der Waals surface area contributed by atoms with E-state index in [9.17, 15) is 4.39 Å². The van der Waals surface area contributed by atoms with Gasteiger partial charge in [-0.1, -0.05) is 34.6 Å². The maximum atomic E-state index is 12.4. The standard InChI is InChI=1S/C7H15F.C2H6/c1-4-7(8)5-6(2)3;1-2/h6-7H,4-5H2,1-3H3;1-2H3. The number of alkyl halides is 1. The Kier molecular flexibility index (Phi) is 11.2. The summed E-state index contributed by atoms with van der Waals surface area (Å²) in [6, 6.07) is 0. The van der Waals surface area contributed by atoms with Crippen LogP contribution >= 0.6 is 0 Å². The molecule has 0 amide bonds. The molecule has 0 saturated heterocycles. The lowest BCUT2D eigenvalue weighted by Crippen LogP contribution is -2.01. The van der Waals surface area contributed by atoms with Crippen LogP contribution in [-0.2, 0) is 0 Å². The van der Waals surface area contributed by atoms with E-state index in [2.05, 4.69) is 0 Å². The molecule has 0 bridgehead atoms. The molecule has 0 radical (unpaired) electrons. The Morgan fingerprint density at radius 3 is 1.70 bits per heavy atom. The van der Waals surface area contributed by atoms with Crippen molar-refractivity contribution in [3.63, 3.8) is 0 Å². The van der Waals surface area contributed by atoms with Crippen molar-refractivity contribution >= 4 is 0 Å². The molecule has 0 aromatic carbocycles. The molecule has 0 aromatic heterocycles. The third-order valence-electron chi connectivity index (χ3n) is 1.17. The monoisotopic (exact) mass is 148 g/mol. The summed E-state index contributed by atoms with van der Waals surface area (Å²) in [5.74, 6) is 0.505. The molecule has 0 heterocycles. The summed E-state index contributed by atoms with van der Waals surface area (Å²) in [6.45, 7) is 9.97. The second-order valence-corrected chi connectivity index (χ2v) is 2.64. The molecule has 0 spiro atoms. The van der Waals surface area contributed by atoms with Crippen LogP contribution < -0.4 is 0 Å². The van der Waals surface area contributed by atoms with Gasteiger partial charge in [0, 0.05) is 0 Å². The average Bonchev–Trinajstić information content (AvgIpc) is 1.91. The molecule has 0 aliphatic rings. The third kappa shape index (κ3) is 10.8. The molecule has 0 nitrogen and oxygen atoms in total. The molecule has 64 valence electrons. The van der Waals surface area contributed by atoms with Crippen molar-refractivity contribution in [2.24, 2.45) is 5.92 Å². The van der Waals surface area contributed by atoms with Gasteiger partial charge in [0.25, 0.3) is 0 Å². The van der Waals surface area contributed by atoms with Crippen LogP contribution in [0.15, 0.2) is 0 Å². The van der Waals surface area contributed by atoms with E-state index in [1.165, 1.54) is 0 Å². The number of hydrogen-bond donors (Lipinski definition) is 0. The largest absolute Gasteiger partial charge is 0.247 e. The van der Waals surface area contributed by atoms with Crippen molar-refractivity contribution in [1.82, 2.24) is 0 Å². The maximum Gasteiger partial charge on any atom is 0.100 e. The summed E-state index contributed by atoms with van der Waals surface area (Å²) < 4.78 is 12.4. The molecular formula is C9H21F. The van der Waals surface area contributed by atoms with Gasteiger partial charge < -0.3 is 0 Å². The summed E-state index contributed by atoms with van der Waals surface area (Å²) in [5, 5.41) is 0. The van der Waals surface area contributed by atoms with Crippen LogP contribution in [0.1, 0.15) is 47.5 Å². The smallest absolute Gasteiger partial charge is 0.100 e. The van der Waals surface area contributed by atoms with Crippen LogP contribution in [0, 0.1) is 5.92 Å². The van der Waals surface area contributed by atoms with E-state index >= 15 is 0 Å². The fraction of sp³-hybridized carbons (Fsp3) is 1.00. The lowest BCUT2D eigenvalue weighted by Gasteiger charge is -2.06. The van der Waals surface area contributed by atoms with Gasteiger partial charge in [0.15, 0.2) is 0 Å². The predicted octanol–water partition coefficient (Wildman–Crippen LogP) is 3.81. The predicted molar refractivity (Wildman–Crippen MR) is 46.0 cm³/mol. The van der Waals surface area contributed by atoms with Crippen LogP contribution in [0.5, 0.6) is 0 Å². The van der Waals surface area contributed by atoms with Gasteiger partial charge in [-0.2, -0.15) is 0 Å². The summed E-state index contributed by atoms with van der Waals surface area (Å²) in [4.78, 5) is 0. The fourth-order valence-electron chi connectivity index (χ4n) is 0.678. The van der Waals surface area contributed by atoms with Gasteiger partial charge in [-0.3, -0.25) is 0 Å². The lowest BCUT2D eigenvalue weighted by molar-refractivity contribution is 0.275. The highest BCUT2D eigenvalue weighted by Crippen LogP contribution is 2.09. The highest BCUT2D eigenvalue weighted by molar-refractivity contribution is 4.54.